The lowest BCUT2D eigenvalue weighted by atomic mass is 10.1. The number of hydrogen-bond donors (Lipinski definition) is 0. The van der Waals surface area contributed by atoms with Crippen molar-refractivity contribution in [3.05, 3.63) is 127 Å². The van der Waals surface area contributed by atoms with Crippen molar-refractivity contribution in [2.75, 3.05) is 12.5 Å². The van der Waals surface area contributed by atoms with E-state index in [4.69, 9.17) is 0 Å². The minimum absolute atomic E-state index is 0.137. The fourth-order valence-electron chi connectivity index (χ4n) is 4.29. The maximum Gasteiger partial charge on any atom is 0.292 e. The molecule has 1 nitrogen and oxygen atoms in total. The van der Waals surface area contributed by atoms with Crippen molar-refractivity contribution in [3.63, 3.8) is 0 Å². The number of ketones is 1. The molecule has 0 aliphatic heterocycles. The fraction of sp³-hybridized carbons (Fsp3) is 0.107. The Hall–Kier alpha value is -2.67. The summed E-state index contributed by atoms with van der Waals surface area (Å²) in [5, 5.41) is 3.76. The van der Waals surface area contributed by atoms with Gasteiger partial charge in [-0.05, 0) is 36.4 Å². The second kappa shape index (κ2) is 9.64. The normalized spacial score (nSPS) is 12.5. The molecule has 0 aromatic heterocycles. The maximum atomic E-state index is 14.2. The lowest BCUT2D eigenvalue weighted by Gasteiger charge is -2.31. The molecule has 0 saturated carbocycles. The third-order valence-corrected chi connectivity index (χ3v) is 13.2. The smallest absolute Gasteiger partial charge is 0.284 e. The molecule has 4 rings (SSSR count). The lowest BCUT2D eigenvalue weighted by molar-refractivity contribution is 0.101. The van der Waals surface area contributed by atoms with Crippen LogP contribution in [-0.4, -0.2) is 23.3 Å². The van der Waals surface area contributed by atoms with Gasteiger partial charge in [0.05, 0.1) is 0 Å². The molecule has 0 aliphatic carbocycles. The van der Waals surface area contributed by atoms with Crippen LogP contribution in [0, 0.1) is 0 Å². The predicted molar refractivity (Wildman–Crippen MR) is 139 cm³/mol. The molecule has 1 unspecified atom stereocenters. The molecule has 154 valence electrons. The van der Waals surface area contributed by atoms with Gasteiger partial charge in [0.2, 0.25) is 0 Å². The van der Waals surface area contributed by atoms with E-state index in [2.05, 4.69) is 104 Å². The molecule has 31 heavy (non-hydrogen) atoms. The number of hydrogen-bond acceptors (Lipinski definition) is 1. The second-order valence-electron chi connectivity index (χ2n) is 7.69. The summed E-state index contributed by atoms with van der Waals surface area (Å²) in [5.41, 5.74) is 0.792. The van der Waals surface area contributed by atoms with E-state index in [1.165, 1.54) is 15.9 Å². The van der Waals surface area contributed by atoms with Gasteiger partial charge < -0.3 is 0 Å². The molecule has 3 heteroatoms. The Kier molecular flexibility index (Phi) is 6.70. The molecule has 0 saturated heterocycles. The largest absolute Gasteiger partial charge is 0.292 e. The van der Waals surface area contributed by atoms with Crippen molar-refractivity contribution in [2.45, 2.75) is 4.99 Å². The Labute approximate surface area is 188 Å². The van der Waals surface area contributed by atoms with Gasteiger partial charge >= 0.3 is 0 Å². The highest BCUT2D eigenvalue weighted by molar-refractivity contribution is 8.13. The van der Waals surface area contributed by atoms with Crippen LogP contribution < -0.4 is 15.9 Å². The predicted octanol–water partition coefficient (Wildman–Crippen LogP) is 5.07. The molecule has 0 N–H and O–H groups in total. The Morgan fingerprint density at radius 2 is 0.903 bits per heavy atom. The van der Waals surface area contributed by atoms with Crippen LogP contribution in [0.1, 0.15) is 10.4 Å². The van der Waals surface area contributed by atoms with Crippen molar-refractivity contribution in [2.24, 2.45) is 0 Å². The molecule has 4 aromatic rings. The highest BCUT2D eigenvalue weighted by Gasteiger charge is 2.62. The number of carbonyl (C=O) groups is 1. The monoisotopic (exact) mass is 442 g/mol. The van der Waals surface area contributed by atoms with E-state index in [-0.39, 0.29) is 21.7 Å². The van der Waals surface area contributed by atoms with Crippen LogP contribution in [-0.2, 0) is 10.9 Å². The van der Waals surface area contributed by atoms with Crippen molar-refractivity contribution in [1.82, 2.24) is 0 Å². The van der Waals surface area contributed by atoms with Crippen LogP contribution in [0.15, 0.2) is 121 Å². The van der Waals surface area contributed by atoms with Gasteiger partial charge in [-0.2, -0.15) is 0 Å². The molecule has 0 radical (unpaired) electrons. The number of Topliss-reactive ketones (excluding diaryl/α,β-unsaturated/α-hetero) is 1. The van der Waals surface area contributed by atoms with Crippen molar-refractivity contribution in [3.8, 4) is 0 Å². The molecule has 0 spiro atoms. The highest BCUT2D eigenvalue weighted by atomic mass is 32.2. The van der Waals surface area contributed by atoms with Crippen LogP contribution in [0.5, 0.6) is 0 Å². The SMILES string of the molecule is C[S+](C)C(C(=O)c1ccccc1)[P+](c1ccccc1)(c1ccccc1)c1ccccc1. The third kappa shape index (κ3) is 4.11. The maximum absolute atomic E-state index is 14.2. The molecular weight excluding hydrogens is 415 g/mol. The minimum Gasteiger partial charge on any atom is -0.284 e. The average molecular weight is 443 g/mol. The molecule has 1 atom stereocenters. The fourth-order valence-corrected chi connectivity index (χ4v) is 12.6. The van der Waals surface area contributed by atoms with Gasteiger partial charge in [0, 0.05) is 16.5 Å². The molecule has 0 fully saturated rings. The summed E-state index contributed by atoms with van der Waals surface area (Å²) in [6.45, 7) is 0. The lowest BCUT2D eigenvalue weighted by Crippen LogP contribution is -2.45. The standard InChI is InChI=1S/C28H27OPS/c1-31(2)28(27(29)23-15-7-3-8-16-23)30(24-17-9-4-10-18-24,25-19-11-5-12-20-25)26-21-13-6-14-22-26/h3-22,28H,1-2H3/q+2. The average Bonchev–Trinajstić information content (AvgIpc) is 2.84. The van der Waals surface area contributed by atoms with E-state index >= 15 is 0 Å². The van der Waals surface area contributed by atoms with E-state index in [9.17, 15) is 4.79 Å². The van der Waals surface area contributed by atoms with Gasteiger partial charge in [0.25, 0.3) is 10.8 Å². The minimum atomic E-state index is -2.28. The van der Waals surface area contributed by atoms with Gasteiger partial charge in [-0.15, -0.1) is 0 Å². The molecule has 0 bridgehead atoms. The summed E-state index contributed by atoms with van der Waals surface area (Å²) in [6.07, 6.45) is 4.43. The molecule has 4 aromatic carbocycles. The van der Waals surface area contributed by atoms with Crippen LogP contribution in [0.25, 0.3) is 0 Å². The van der Waals surface area contributed by atoms with Gasteiger partial charge in [0.15, 0.2) is 7.26 Å². The summed E-state index contributed by atoms with van der Waals surface area (Å²) in [5.74, 6) is 0.235. The molecule has 0 amide bonds. The Balaban J connectivity index is 2.09. The van der Waals surface area contributed by atoms with Crippen LogP contribution in [0.3, 0.4) is 0 Å². The van der Waals surface area contributed by atoms with Crippen molar-refractivity contribution < 1.29 is 4.79 Å². The van der Waals surface area contributed by atoms with E-state index in [1.807, 2.05) is 30.3 Å². The molecular formula is C28H27OPS+2. The Morgan fingerprint density at radius 1 is 0.581 bits per heavy atom. The number of benzene rings is 4. The van der Waals surface area contributed by atoms with Gasteiger partial charge in [-0.3, -0.25) is 4.79 Å². The van der Waals surface area contributed by atoms with E-state index < -0.39 is 7.26 Å². The summed E-state index contributed by atoms with van der Waals surface area (Å²) in [4.78, 5) is 14.1. The van der Waals surface area contributed by atoms with Crippen LogP contribution in [0.4, 0.5) is 0 Å². The summed E-state index contributed by atoms with van der Waals surface area (Å²) >= 11 is 0. The highest BCUT2D eigenvalue weighted by Crippen LogP contribution is 2.62. The number of carbonyl (C=O) groups excluding carboxylic acids is 1. The molecule has 0 heterocycles. The first-order valence-electron chi connectivity index (χ1n) is 10.4. The van der Waals surface area contributed by atoms with Crippen LogP contribution >= 0.6 is 7.26 Å². The Bertz CT molecular complexity index is 1020. The quantitative estimate of drug-likeness (QED) is 0.222. The first kappa shape index (κ1) is 21.6. The van der Waals surface area contributed by atoms with Gasteiger partial charge in [-0.1, -0.05) is 84.9 Å². The summed E-state index contributed by atoms with van der Waals surface area (Å²) in [7, 11) is -2.43. The zero-order valence-electron chi connectivity index (χ0n) is 17.9. The summed E-state index contributed by atoms with van der Waals surface area (Å²) in [6, 6.07) is 41.9. The van der Waals surface area contributed by atoms with Crippen LogP contribution in [0.2, 0.25) is 0 Å². The third-order valence-electron chi connectivity index (χ3n) is 5.57. The van der Waals surface area contributed by atoms with Crippen molar-refractivity contribution in [1.29, 1.82) is 0 Å². The van der Waals surface area contributed by atoms with E-state index in [0.29, 0.717) is 0 Å². The second-order valence-corrected chi connectivity index (χ2v) is 13.8. The number of rotatable bonds is 7. The zero-order chi connectivity index (χ0) is 21.7. The van der Waals surface area contributed by atoms with Gasteiger partial charge in [0.1, 0.15) is 28.4 Å². The first-order valence-corrected chi connectivity index (χ1v) is 14.3. The molecule has 0 aliphatic rings. The topological polar surface area (TPSA) is 17.1 Å². The zero-order valence-corrected chi connectivity index (χ0v) is 19.6. The van der Waals surface area contributed by atoms with E-state index in [0.717, 1.165) is 5.56 Å². The van der Waals surface area contributed by atoms with Crippen molar-refractivity contribution >= 4 is 39.9 Å². The first-order chi connectivity index (χ1) is 15.2. The van der Waals surface area contributed by atoms with E-state index in [1.54, 1.807) is 0 Å². The Morgan fingerprint density at radius 3 is 1.23 bits per heavy atom. The van der Waals surface area contributed by atoms with Gasteiger partial charge in [-0.25, -0.2) is 0 Å². The summed E-state index contributed by atoms with van der Waals surface area (Å²) < 4.78 is 0.